The van der Waals surface area contributed by atoms with Crippen LogP contribution in [0.1, 0.15) is 12.8 Å². The zero-order valence-electron chi connectivity index (χ0n) is 12.1. The van der Waals surface area contributed by atoms with E-state index >= 15 is 0 Å². The summed E-state index contributed by atoms with van der Waals surface area (Å²) in [6, 6.07) is 4.82. The molecular weight excluding hydrogens is 268 g/mol. The highest BCUT2D eigenvalue weighted by molar-refractivity contribution is 5.94. The van der Waals surface area contributed by atoms with Gasteiger partial charge in [-0.15, -0.1) is 6.42 Å². The number of nitrogens with one attached hydrogen (secondary N) is 1. The molecule has 0 bridgehead atoms. The second-order valence-corrected chi connectivity index (χ2v) is 5.13. The Morgan fingerprint density at radius 2 is 2.24 bits per heavy atom. The van der Waals surface area contributed by atoms with Crippen molar-refractivity contribution in [3.63, 3.8) is 0 Å². The monoisotopic (exact) mass is 288 g/mol. The number of hydrogen-bond donors (Lipinski definition) is 2. The largest absolute Gasteiger partial charge is 0.506 e. The highest BCUT2D eigenvalue weighted by Crippen LogP contribution is 2.29. The lowest BCUT2D eigenvalue weighted by Gasteiger charge is -2.29. The molecule has 21 heavy (non-hydrogen) atoms. The normalized spacial score (nSPS) is 16.2. The van der Waals surface area contributed by atoms with E-state index in [2.05, 4.69) is 16.1 Å². The van der Waals surface area contributed by atoms with Crippen molar-refractivity contribution in [1.29, 1.82) is 0 Å². The number of amides is 1. The number of carbonyl (C=O) groups excluding carboxylic acids is 1. The Morgan fingerprint density at radius 3 is 2.81 bits per heavy atom. The lowest BCUT2D eigenvalue weighted by Crippen LogP contribution is -2.38. The number of likely N-dealkylation sites (tertiary alicyclic amines) is 1. The van der Waals surface area contributed by atoms with Crippen LogP contribution in [-0.2, 0) is 4.79 Å². The van der Waals surface area contributed by atoms with Crippen LogP contribution in [0, 0.1) is 18.3 Å². The molecule has 5 heteroatoms. The van der Waals surface area contributed by atoms with Gasteiger partial charge in [0.1, 0.15) is 11.5 Å². The number of benzene rings is 1. The van der Waals surface area contributed by atoms with Crippen molar-refractivity contribution >= 4 is 11.6 Å². The van der Waals surface area contributed by atoms with Crippen LogP contribution in [0.15, 0.2) is 18.2 Å². The molecule has 1 fully saturated rings. The molecule has 0 radical (unpaired) electrons. The second-order valence-electron chi connectivity index (χ2n) is 5.13. The summed E-state index contributed by atoms with van der Waals surface area (Å²) in [5, 5.41) is 12.6. The number of rotatable bonds is 4. The minimum atomic E-state index is -0.0594. The molecule has 0 unspecified atom stereocenters. The van der Waals surface area contributed by atoms with Crippen molar-refractivity contribution in [2.75, 3.05) is 32.1 Å². The van der Waals surface area contributed by atoms with Gasteiger partial charge in [-0.05, 0) is 38.1 Å². The quantitative estimate of drug-likeness (QED) is 0.654. The molecule has 1 aromatic carbocycles. The van der Waals surface area contributed by atoms with Crippen molar-refractivity contribution in [3.05, 3.63) is 18.2 Å². The van der Waals surface area contributed by atoms with E-state index in [9.17, 15) is 9.90 Å². The molecule has 1 saturated heterocycles. The third-order valence-electron chi connectivity index (χ3n) is 3.74. The fourth-order valence-electron chi connectivity index (χ4n) is 2.46. The number of nitrogens with zero attached hydrogens (tertiary/aromatic N) is 1. The van der Waals surface area contributed by atoms with Gasteiger partial charge in [0.25, 0.3) is 0 Å². The van der Waals surface area contributed by atoms with Gasteiger partial charge in [0.05, 0.1) is 19.3 Å². The topological polar surface area (TPSA) is 61.8 Å². The third kappa shape index (κ3) is 3.89. The Labute approximate surface area is 124 Å². The Kier molecular flexibility index (Phi) is 5.07. The molecule has 1 aliphatic rings. The van der Waals surface area contributed by atoms with Crippen LogP contribution >= 0.6 is 0 Å². The van der Waals surface area contributed by atoms with E-state index in [1.54, 1.807) is 12.1 Å². The standard InChI is InChI=1S/C16H20N2O3/c1-3-8-18-9-6-12(7-10-18)16(20)17-14-5-4-13(21-2)11-15(14)19/h1,4-5,11-12,19H,6-10H2,2H3,(H,17,20). The second kappa shape index (κ2) is 7.00. The molecule has 1 heterocycles. The SMILES string of the molecule is C#CCN1CCC(C(=O)Nc2ccc(OC)cc2O)CC1. The zero-order chi connectivity index (χ0) is 15.2. The number of phenolic OH excluding ortho intramolecular Hbond substituents is 1. The van der Waals surface area contributed by atoms with Crippen LogP contribution in [0.2, 0.25) is 0 Å². The fraction of sp³-hybridized carbons (Fsp3) is 0.438. The average molecular weight is 288 g/mol. The maximum atomic E-state index is 12.2. The number of hydrogen-bond acceptors (Lipinski definition) is 4. The molecule has 2 rings (SSSR count). The summed E-state index contributed by atoms with van der Waals surface area (Å²) >= 11 is 0. The minimum Gasteiger partial charge on any atom is -0.506 e. The van der Waals surface area contributed by atoms with Gasteiger partial charge in [0.15, 0.2) is 0 Å². The molecule has 0 spiro atoms. The summed E-state index contributed by atoms with van der Waals surface area (Å²) < 4.78 is 5.01. The fourth-order valence-corrected chi connectivity index (χ4v) is 2.46. The highest BCUT2D eigenvalue weighted by atomic mass is 16.5. The van der Waals surface area contributed by atoms with E-state index in [0.717, 1.165) is 25.9 Å². The van der Waals surface area contributed by atoms with Crippen LogP contribution in [0.4, 0.5) is 5.69 Å². The van der Waals surface area contributed by atoms with Crippen molar-refractivity contribution in [1.82, 2.24) is 4.90 Å². The summed E-state index contributed by atoms with van der Waals surface area (Å²) in [6.45, 7) is 2.29. The van der Waals surface area contributed by atoms with Gasteiger partial charge in [0.2, 0.25) is 5.91 Å². The summed E-state index contributed by atoms with van der Waals surface area (Å²) in [4.78, 5) is 14.4. The number of phenols is 1. The van der Waals surface area contributed by atoms with Gasteiger partial charge >= 0.3 is 0 Å². The maximum absolute atomic E-state index is 12.2. The Bertz CT molecular complexity index is 543. The Morgan fingerprint density at radius 1 is 1.52 bits per heavy atom. The Balaban J connectivity index is 1.92. The van der Waals surface area contributed by atoms with Crippen molar-refractivity contribution < 1.29 is 14.6 Å². The number of ether oxygens (including phenoxy) is 1. The van der Waals surface area contributed by atoms with E-state index in [4.69, 9.17) is 11.2 Å². The van der Waals surface area contributed by atoms with Crippen molar-refractivity contribution in [3.8, 4) is 23.8 Å². The number of terminal acetylenes is 1. The van der Waals surface area contributed by atoms with Gasteiger partial charge in [-0.25, -0.2) is 0 Å². The van der Waals surface area contributed by atoms with Crippen LogP contribution in [0.5, 0.6) is 11.5 Å². The summed E-state index contributed by atoms with van der Waals surface area (Å²) in [6.07, 6.45) is 6.85. The highest BCUT2D eigenvalue weighted by Gasteiger charge is 2.25. The molecule has 2 N–H and O–H groups in total. The molecule has 1 amide bonds. The number of carbonyl (C=O) groups is 1. The first-order valence-electron chi connectivity index (χ1n) is 6.97. The van der Waals surface area contributed by atoms with Crippen LogP contribution in [0.3, 0.4) is 0 Å². The predicted octanol–water partition coefficient (Wildman–Crippen LogP) is 1.68. The van der Waals surface area contributed by atoms with Gasteiger partial charge in [-0.2, -0.15) is 0 Å². The van der Waals surface area contributed by atoms with Gasteiger partial charge < -0.3 is 15.2 Å². The lowest BCUT2D eigenvalue weighted by molar-refractivity contribution is -0.121. The Hall–Kier alpha value is -2.19. The first-order chi connectivity index (χ1) is 10.1. The first-order valence-corrected chi connectivity index (χ1v) is 6.97. The van der Waals surface area contributed by atoms with Crippen LogP contribution in [0.25, 0.3) is 0 Å². The van der Waals surface area contributed by atoms with E-state index in [0.29, 0.717) is 18.0 Å². The number of aromatic hydroxyl groups is 1. The van der Waals surface area contributed by atoms with E-state index in [1.165, 1.54) is 13.2 Å². The van der Waals surface area contributed by atoms with E-state index in [-0.39, 0.29) is 17.6 Å². The maximum Gasteiger partial charge on any atom is 0.227 e. The number of methoxy groups -OCH3 is 1. The van der Waals surface area contributed by atoms with Gasteiger partial charge in [-0.1, -0.05) is 5.92 Å². The molecule has 5 nitrogen and oxygen atoms in total. The van der Waals surface area contributed by atoms with Crippen LogP contribution in [-0.4, -0.2) is 42.7 Å². The molecule has 0 aromatic heterocycles. The average Bonchev–Trinajstić information content (AvgIpc) is 2.50. The predicted molar refractivity (Wildman–Crippen MR) is 81.3 cm³/mol. The first kappa shape index (κ1) is 15.2. The van der Waals surface area contributed by atoms with Gasteiger partial charge in [0, 0.05) is 12.0 Å². The third-order valence-corrected chi connectivity index (χ3v) is 3.74. The van der Waals surface area contributed by atoms with E-state index in [1.807, 2.05) is 0 Å². The summed E-state index contributed by atoms with van der Waals surface area (Å²) in [5.41, 5.74) is 0.409. The number of anilines is 1. The van der Waals surface area contributed by atoms with E-state index < -0.39 is 0 Å². The smallest absolute Gasteiger partial charge is 0.227 e. The number of piperidine rings is 1. The lowest BCUT2D eigenvalue weighted by atomic mass is 9.96. The molecule has 1 aromatic rings. The molecular formula is C16H20N2O3. The van der Waals surface area contributed by atoms with Crippen LogP contribution < -0.4 is 10.1 Å². The van der Waals surface area contributed by atoms with Crippen molar-refractivity contribution in [2.24, 2.45) is 5.92 Å². The molecule has 0 saturated carbocycles. The van der Waals surface area contributed by atoms with Crippen molar-refractivity contribution in [2.45, 2.75) is 12.8 Å². The minimum absolute atomic E-state index is 0.00691. The summed E-state index contributed by atoms with van der Waals surface area (Å²) in [7, 11) is 1.52. The molecule has 0 aliphatic carbocycles. The molecule has 1 aliphatic heterocycles. The molecule has 0 atom stereocenters. The van der Waals surface area contributed by atoms with Gasteiger partial charge in [-0.3, -0.25) is 9.69 Å². The zero-order valence-corrected chi connectivity index (χ0v) is 12.1. The molecule has 112 valence electrons. The summed E-state index contributed by atoms with van der Waals surface area (Å²) in [5.74, 6) is 3.08.